The Bertz CT molecular complexity index is 1520. The molecular formula is C25H18FN3O4. The summed E-state index contributed by atoms with van der Waals surface area (Å²) in [6.45, 7) is 0. The van der Waals surface area contributed by atoms with Crippen molar-refractivity contribution in [1.82, 2.24) is 14.7 Å². The normalized spacial score (nSPS) is 11.0. The van der Waals surface area contributed by atoms with Gasteiger partial charge >= 0.3 is 0 Å². The van der Waals surface area contributed by atoms with Gasteiger partial charge in [-0.1, -0.05) is 23.4 Å². The number of halogens is 1. The summed E-state index contributed by atoms with van der Waals surface area (Å²) in [5, 5.41) is 5.26. The molecule has 2 heterocycles. The first kappa shape index (κ1) is 20.4. The van der Waals surface area contributed by atoms with Crippen LogP contribution in [-0.2, 0) is 0 Å². The molecule has 5 aromatic rings. The van der Waals surface area contributed by atoms with Gasteiger partial charge in [-0.15, -0.1) is 0 Å². The number of fused-ring (bicyclic) bond motifs is 1. The minimum Gasteiger partial charge on any atom is -0.497 e. The quantitative estimate of drug-likeness (QED) is 0.386. The van der Waals surface area contributed by atoms with E-state index < -0.39 is 0 Å². The largest absolute Gasteiger partial charge is 0.497 e. The maximum Gasteiger partial charge on any atom is 0.262 e. The molecule has 0 bridgehead atoms. The number of aromatic nitrogens is 3. The fourth-order valence-electron chi connectivity index (χ4n) is 3.68. The van der Waals surface area contributed by atoms with Crippen LogP contribution in [0, 0.1) is 5.82 Å². The molecule has 0 radical (unpaired) electrons. The van der Waals surface area contributed by atoms with Crippen LogP contribution in [0.3, 0.4) is 0 Å². The van der Waals surface area contributed by atoms with Gasteiger partial charge in [-0.3, -0.25) is 9.36 Å². The van der Waals surface area contributed by atoms with E-state index in [1.807, 2.05) is 12.1 Å². The van der Waals surface area contributed by atoms with Crippen molar-refractivity contribution in [2.75, 3.05) is 14.2 Å². The minimum atomic E-state index is -0.386. The third kappa shape index (κ3) is 3.61. The van der Waals surface area contributed by atoms with E-state index in [1.165, 1.54) is 28.8 Å². The lowest BCUT2D eigenvalue weighted by Crippen LogP contribution is -2.18. The van der Waals surface area contributed by atoms with E-state index in [9.17, 15) is 9.18 Å². The van der Waals surface area contributed by atoms with Crippen LogP contribution < -0.4 is 15.0 Å². The van der Waals surface area contributed by atoms with Gasteiger partial charge in [-0.2, -0.15) is 4.98 Å². The van der Waals surface area contributed by atoms with Crippen molar-refractivity contribution in [1.29, 1.82) is 0 Å². The van der Waals surface area contributed by atoms with Crippen LogP contribution in [0.15, 0.2) is 82.2 Å². The monoisotopic (exact) mass is 443 g/mol. The second kappa shape index (κ2) is 8.23. The Hall–Kier alpha value is -4.46. The third-order valence-electron chi connectivity index (χ3n) is 5.34. The topological polar surface area (TPSA) is 79.4 Å². The predicted octanol–water partition coefficient (Wildman–Crippen LogP) is 4.86. The number of pyridine rings is 1. The number of nitrogens with zero attached hydrogens (tertiary/aromatic N) is 3. The molecule has 0 fully saturated rings. The number of ether oxygens (including phenoxy) is 2. The van der Waals surface area contributed by atoms with Gasteiger partial charge in [0.1, 0.15) is 17.3 Å². The first-order chi connectivity index (χ1) is 16.1. The highest BCUT2D eigenvalue weighted by molar-refractivity contribution is 5.94. The van der Waals surface area contributed by atoms with E-state index in [0.717, 1.165) is 0 Å². The molecular weight excluding hydrogens is 425 g/mol. The van der Waals surface area contributed by atoms with Crippen molar-refractivity contribution in [3.8, 4) is 40.0 Å². The first-order valence-corrected chi connectivity index (χ1v) is 10.1. The summed E-state index contributed by atoms with van der Waals surface area (Å²) < 4.78 is 31.2. The zero-order valence-electron chi connectivity index (χ0n) is 17.8. The standard InChI is InChI=1S/C25H18FN3O4/c1-31-17-11-12-20(22(13-17)32-2)23-27-24(33-28-23)21-14-29(16-9-7-15(26)8-10-16)25(30)19-6-4-3-5-18(19)21/h3-14H,1-2H3. The Kier molecular flexibility index (Phi) is 5.10. The van der Waals surface area contributed by atoms with E-state index in [0.29, 0.717) is 44.9 Å². The fraction of sp³-hybridized carbons (Fsp3) is 0.0800. The smallest absolute Gasteiger partial charge is 0.262 e. The summed E-state index contributed by atoms with van der Waals surface area (Å²) in [5.74, 6) is 1.34. The molecule has 0 aliphatic carbocycles. The van der Waals surface area contributed by atoms with Crippen molar-refractivity contribution < 1.29 is 18.4 Å². The Balaban J connectivity index is 1.69. The molecule has 0 spiro atoms. The Labute approximate surface area is 187 Å². The van der Waals surface area contributed by atoms with Gasteiger partial charge in [-0.25, -0.2) is 4.39 Å². The number of rotatable bonds is 5. The lowest BCUT2D eigenvalue weighted by atomic mass is 10.1. The molecule has 33 heavy (non-hydrogen) atoms. The summed E-state index contributed by atoms with van der Waals surface area (Å²) in [6, 6.07) is 18.1. The van der Waals surface area contributed by atoms with Crippen molar-refractivity contribution in [2.45, 2.75) is 0 Å². The van der Waals surface area contributed by atoms with Crippen LogP contribution in [0.4, 0.5) is 4.39 Å². The van der Waals surface area contributed by atoms with Crippen LogP contribution in [0.1, 0.15) is 0 Å². The minimum absolute atomic E-state index is 0.231. The van der Waals surface area contributed by atoms with Gasteiger partial charge in [0.05, 0.1) is 25.3 Å². The SMILES string of the molecule is COc1ccc(-c2noc(-c3cn(-c4ccc(F)cc4)c(=O)c4ccccc34)n2)c(OC)c1. The Morgan fingerprint density at radius 3 is 2.39 bits per heavy atom. The summed E-state index contributed by atoms with van der Waals surface area (Å²) in [5.41, 5.74) is 1.48. The molecule has 0 N–H and O–H groups in total. The van der Waals surface area contributed by atoms with Crippen LogP contribution in [0.5, 0.6) is 11.5 Å². The lowest BCUT2D eigenvalue weighted by molar-refractivity contribution is 0.394. The lowest BCUT2D eigenvalue weighted by Gasteiger charge is -2.10. The third-order valence-corrected chi connectivity index (χ3v) is 5.34. The second-order valence-electron chi connectivity index (χ2n) is 7.23. The van der Waals surface area contributed by atoms with Crippen molar-refractivity contribution >= 4 is 10.8 Å². The molecule has 3 aromatic carbocycles. The Morgan fingerprint density at radius 2 is 1.67 bits per heavy atom. The molecule has 7 nitrogen and oxygen atoms in total. The van der Waals surface area contributed by atoms with E-state index in [4.69, 9.17) is 14.0 Å². The molecule has 0 aliphatic heterocycles. The van der Waals surface area contributed by atoms with Gasteiger partial charge in [0, 0.05) is 28.7 Å². The summed E-state index contributed by atoms with van der Waals surface area (Å²) in [7, 11) is 3.12. The molecule has 0 amide bonds. The number of methoxy groups -OCH3 is 2. The van der Waals surface area contributed by atoms with E-state index in [-0.39, 0.29) is 17.3 Å². The number of hydrogen-bond acceptors (Lipinski definition) is 6. The summed E-state index contributed by atoms with van der Waals surface area (Å²) >= 11 is 0. The maximum atomic E-state index is 13.4. The van der Waals surface area contributed by atoms with E-state index in [1.54, 1.807) is 50.7 Å². The van der Waals surface area contributed by atoms with E-state index >= 15 is 0 Å². The second-order valence-corrected chi connectivity index (χ2v) is 7.23. The average molecular weight is 443 g/mol. The van der Waals surface area contributed by atoms with Gasteiger partial charge < -0.3 is 14.0 Å². The average Bonchev–Trinajstić information content (AvgIpc) is 3.34. The molecule has 0 atom stereocenters. The molecule has 2 aromatic heterocycles. The van der Waals surface area contributed by atoms with Crippen molar-refractivity contribution in [3.63, 3.8) is 0 Å². The molecule has 164 valence electrons. The molecule has 8 heteroatoms. The molecule has 0 unspecified atom stereocenters. The van der Waals surface area contributed by atoms with Crippen molar-refractivity contribution in [3.05, 3.63) is 89.1 Å². The zero-order valence-corrected chi connectivity index (χ0v) is 17.8. The predicted molar refractivity (Wildman–Crippen MR) is 121 cm³/mol. The van der Waals surface area contributed by atoms with Gasteiger partial charge in [0.2, 0.25) is 5.82 Å². The van der Waals surface area contributed by atoms with E-state index in [2.05, 4.69) is 10.1 Å². The van der Waals surface area contributed by atoms with Crippen LogP contribution in [-0.4, -0.2) is 28.9 Å². The van der Waals surface area contributed by atoms with Gasteiger partial charge in [-0.05, 0) is 42.5 Å². The summed E-state index contributed by atoms with van der Waals surface area (Å²) in [6.07, 6.45) is 1.63. The van der Waals surface area contributed by atoms with Crippen molar-refractivity contribution in [2.24, 2.45) is 0 Å². The molecule has 0 aliphatic rings. The fourth-order valence-corrected chi connectivity index (χ4v) is 3.68. The summed E-state index contributed by atoms with van der Waals surface area (Å²) in [4.78, 5) is 17.7. The van der Waals surface area contributed by atoms with Crippen LogP contribution in [0.25, 0.3) is 39.3 Å². The highest BCUT2D eigenvalue weighted by Gasteiger charge is 2.19. The highest BCUT2D eigenvalue weighted by Crippen LogP contribution is 2.34. The first-order valence-electron chi connectivity index (χ1n) is 10.1. The maximum absolute atomic E-state index is 13.4. The van der Waals surface area contributed by atoms with Gasteiger partial charge in [0.25, 0.3) is 11.4 Å². The zero-order chi connectivity index (χ0) is 22.9. The van der Waals surface area contributed by atoms with Crippen LogP contribution >= 0.6 is 0 Å². The van der Waals surface area contributed by atoms with Crippen LogP contribution in [0.2, 0.25) is 0 Å². The molecule has 0 saturated heterocycles. The highest BCUT2D eigenvalue weighted by atomic mass is 19.1. The van der Waals surface area contributed by atoms with Gasteiger partial charge in [0.15, 0.2) is 0 Å². The Morgan fingerprint density at radius 1 is 0.909 bits per heavy atom. The molecule has 5 rings (SSSR count). The number of hydrogen-bond donors (Lipinski definition) is 0. The number of benzene rings is 3. The molecule has 0 saturated carbocycles.